The van der Waals surface area contributed by atoms with Crippen molar-refractivity contribution in [3.63, 3.8) is 0 Å². The number of aliphatic hydroxyl groups excluding tert-OH is 2. The highest BCUT2D eigenvalue weighted by Gasteiger charge is 3.02. The van der Waals surface area contributed by atoms with Gasteiger partial charge in [-0.3, -0.25) is 0 Å². The fourth-order valence-electron chi connectivity index (χ4n) is 16.7. The first kappa shape index (κ1) is 39.8. The van der Waals surface area contributed by atoms with Crippen LogP contribution >= 0.6 is 0 Å². The van der Waals surface area contributed by atoms with Gasteiger partial charge in [-0.05, 0) is 92.0 Å². The third kappa shape index (κ3) is 3.96. The van der Waals surface area contributed by atoms with Crippen molar-refractivity contribution < 1.29 is 76.1 Å². The van der Waals surface area contributed by atoms with E-state index in [1.807, 2.05) is 0 Å². The summed E-state index contributed by atoms with van der Waals surface area (Å²) in [5.41, 5.74) is -1.28. The second kappa shape index (κ2) is 11.6. The third-order valence-corrected chi connectivity index (χ3v) is 20.0. The minimum Gasteiger partial charge on any atom is -0.461 e. The summed E-state index contributed by atoms with van der Waals surface area (Å²) < 4.78 is 66.3. The quantitative estimate of drug-likeness (QED) is 0.181. The van der Waals surface area contributed by atoms with Crippen LogP contribution in [-0.2, 0) is 52.2 Å². The van der Waals surface area contributed by atoms with E-state index in [1.165, 1.54) is 18.6 Å². The van der Waals surface area contributed by atoms with Crippen molar-refractivity contribution in [1.82, 2.24) is 0 Å². The van der Waals surface area contributed by atoms with Crippen LogP contribution in [0.1, 0.15) is 96.4 Å². The Morgan fingerprint density at radius 3 is 1.80 bits per heavy atom. The van der Waals surface area contributed by atoms with Crippen LogP contribution in [0.4, 0.5) is 0 Å². The van der Waals surface area contributed by atoms with Gasteiger partial charge in [-0.1, -0.05) is 41.5 Å². The maximum Gasteiger partial charge on any atom is 0.379 e. The molecule has 0 bridgehead atoms. The highest BCUT2D eigenvalue weighted by Crippen LogP contribution is 2.85. The molecule has 0 radical (unpaired) electrons. The van der Waals surface area contributed by atoms with Crippen LogP contribution in [0, 0.1) is 34.5 Å². The van der Waals surface area contributed by atoms with Crippen LogP contribution < -0.4 is 0 Å². The van der Waals surface area contributed by atoms with Gasteiger partial charge >= 0.3 is 17.9 Å². The van der Waals surface area contributed by atoms with Crippen molar-refractivity contribution in [2.75, 3.05) is 6.61 Å². The first-order valence-corrected chi connectivity index (χ1v) is 23.9. The van der Waals surface area contributed by atoms with Gasteiger partial charge in [-0.2, -0.15) is 0 Å². The van der Waals surface area contributed by atoms with Gasteiger partial charge in [0.2, 0.25) is 11.5 Å². The summed E-state index contributed by atoms with van der Waals surface area (Å²) in [6.45, 7) is 13.2. The molecule has 16 rings (SSSR count). The molecule has 2 aromatic heterocycles. The molecule has 10 fully saturated rings. The lowest BCUT2D eigenvalue weighted by atomic mass is 9.46. The fourth-order valence-corrected chi connectivity index (χ4v) is 16.7. The molecule has 10 heterocycles. The van der Waals surface area contributed by atoms with Gasteiger partial charge in [0.25, 0.3) is 0 Å². The molecule has 8 aliphatic heterocycles. The maximum absolute atomic E-state index is 13.3. The van der Waals surface area contributed by atoms with Crippen LogP contribution in [0.15, 0.2) is 73.7 Å². The number of fused-ring (bicyclic) bond motifs is 8. The fraction of sp³-hybridized carbons (Fsp3) is 0.660. The minimum absolute atomic E-state index is 0.00729. The molecule has 16 heteroatoms. The first-order chi connectivity index (χ1) is 31.5. The standard InChI is InChI=1S/C30H28O10.C20H24O6/c1-13(2)28-22(39-28)23-30(40-23)27(3)9-8-14-19(15(27)12-18-29(30,38-18)26(28)33)21(37-24(14)31)20(16-6-4-10-34-16)36-25(32)17-7-5-11-35-17;1-8(2)18-13(25-18)14-20(26-14)17(3)5-4-9-10(7-23-15(9)21)11(17)6-12-19(20,24-12)16(18)22/h4-7,10-11,13,15,18,22-23,26,33H,8-9,12H2,1-3H3;8,11-14,16,22H,4-7H2,1-3H3/b21-20+;/t15-,18-,22-,23-,26+,27-,28-,29+,30+;11-,12-,13-,14-,16+,17-,18-,19+,20+/m00/s1. The lowest BCUT2D eigenvalue weighted by Crippen LogP contribution is -2.69. The van der Waals surface area contributed by atoms with E-state index >= 15 is 0 Å². The highest BCUT2D eigenvalue weighted by molar-refractivity contribution is 5.98. The van der Waals surface area contributed by atoms with Crippen LogP contribution in [-0.4, -0.2) is 117 Å². The van der Waals surface area contributed by atoms with Crippen LogP contribution in [0.2, 0.25) is 0 Å². The number of epoxide rings is 6. The maximum atomic E-state index is 13.3. The molecule has 16 nitrogen and oxygen atoms in total. The Balaban J connectivity index is 0.000000132. The molecule has 14 aliphatic rings. The number of ether oxygens (including phenoxy) is 9. The van der Waals surface area contributed by atoms with Gasteiger partial charge in [0.15, 0.2) is 22.7 Å². The molecular weight excluding hydrogens is 857 g/mol. The summed E-state index contributed by atoms with van der Waals surface area (Å²) >= 11 is 0. The summed E-state index contributed by atoms with van der Waals surface area (Å²) in [5.74, 6) is -0.572. The summed E-state index contributed by atoms with van der Waals surface area (Å²) in [4.78, 5) is 38.3. The number of hydrogen-bond donors (Lipinski definition) is 2. The third-order valence-electron chi connectivity index (χ3n) is 20.0. The molecule has 2 aromatic rings. The molecule has 18 atom stereocenters. The predicted molar refractivity (Wildman–Crippen MR) is 219 cm³/mol. The lowest BCUT2D eigenvalue weighted by molar-refractivity contribution is -0.136. The van der Waals surface area contributed by atoms with E-state index in [-0.39, 0.29) is 94.7 Å². The highest BCUT2D eigenvalue weighted by atomic mass is 16.8. The van der Waals surface area contributed by atoms with E-state index in [9.17, 15) is 24.6 Å². The Morgan fingerprint density at radius 1 is 0.697 bits per heavy atom. The summed E-state index contributed by atoms with van der Waals surface area (Å²) in [6.07, 6.45) is 4.73. The van der Waals surface area contributed by atoms with E-state index in [0.717, 1.165) is 30.4 Å². The zero-order valence-corrected chi connectivity index (χ0v) is 37.5. The summed E-state index contributed by atoms with van der Waals surface area (Å²) in [6, 6.07) is 6.40. The predicted octanol–water partition coefficient (Wildman–Crippen LogP) is 4.62. The number of esters is 3. The molecule has 6 saturated heterocycles. The number of furan rings is 2. The first-order valence-electron chi connectivity index (χ1n) is 23.9. The molecule has 348 valence electrons. The van der Waals surface area contributed by atoms with E-state index in [4.69, 9.17) is 51.5 Å². The number of cyclic esters (lactones) is 2. The second-order valence-corrected chi connectivity index (χ2v) is 22.5. The molecule has 4 spiro atoms. The Bertz CT molecular complexity index is 2720. The molecule has 4 saturated carbocycles. The minimum atomic E-state index is -0.846. The number of carbonyl (C=O) groups is 3. The van der Waals surface area contributed by atoms with Gasteiger partial charge in [0.05, 0.1) is 24.7 Å². The SMILES string of the molecule is CC(C)[C@]12O[C@H]1[C@@H]1O[C@]13[C@]1(O[C@H]1C[C@H]1C4=C(CC[C@@]13C)C(=O)O/C4=C(/OC(=O)c1ccco1)c1ccco1)[C@@H]2O.CC(C)[C@]12O[C@H]1[C@@H]1O[C@]13[C@]1(O[C@H]1C[C@H]1C4=C(CC[C@@]13C)C(=O)OC4)[C@@H]2O. The molecule has 2 N–H and O–H groups in total. The zero-order valence-electron chi connectivity index (χ0n) is 37.5. The van der Waals surface area contributed by atoms with Gasteiger partial charge < -0.3 is 61.7 Å². The zero-order chi connectivity index (χ0) is 45.2. The van der Waals surface area contributed by atoms with E-state index in [0.29, 0.717) is 37.0 Å². The molecular formula is C50H52O16. The van der Waals surface area contributed by atoms with Crippen LogP contribution in [0.3, 0.4) is 0 Å². The van der Waals surface area contributed by atoms with Gasteiger partial charge in [0, 0.05) is 27.5 Å². The summed E-state index contributed by atoms with van der Waals surface area (Å²) in [5, 5.41) is 23.3. The lowest BCUT2D eigenvalue weighted by Gasteiger charge is -2.53. The van der Waals surface area contributed by atoms with E-state index in [2.05, 4.69) is 41.5 Å². The second-order valence-electron chi connectivity index (χ2n) is 22.5. The molecule has 0 aromatic carbocycles. The Labute approximate surface area is 378 Å². The van der Waals surface area contributed by atoms with Crippen molar-refractivity contribution in [1.29, 1.82) is 0 Å². The Kier molecular flexibility index (Phi) is 7.03. The largest absolute Gasteiger partial charge is 0.461 e. The topological polar surface area (TPSA) is 221 Å². The normalized spacial score (nSPS) is 52.9. The average Bonchev–Trinajstić information content (AvgIpc) is 4.03. The molecule has 6 aliphatic carbocycles. The van der Waals surface area contributed by atoms with Gasteiger partial charge in [0.1, 0.15) is 65.6 Å². The van der Waals surface area contributed by atoms with Gasteiger partial charge in [-0.25, -0.2) is 14.4 Å². The molecule has 66 heavy (non-hydrogen) atoms. The number of rotatable bonds is 5. The van der Waals surface area contributed by atoms with Crippen molar-refractivity contribution >= 4 is 23.7 Å². The smallest absolute Gasteiger partial charge is 0.379 e. The van der Waals surface area contributed by atoms with Gasteiger partial charge in [-0.15, -0.1) is 0 Å². The van der Waals surface area contributed by atoms with Crippen molar-refractivity contribution in [3.05, 3.63) is 76.4 Å². The monoisotopic (exact) mass is 908 g/mol. The number of allylic oxidation sites excluding steroid dienone is 1. The Hall–Kier alpha value is -4.13. The van der Waals surface area contributed by atoms with Crippen molar-refractivity contribution in [2.45, 2.75) is 163 Å². The number of carbonyl (C=O) groups excluding carboxylic acids is 3. The average molecular weight is 909 g/mol. The van der Waals surface area contributed by atoms with Crippen LogP contribution in [0.5, 0.6) is 0 Å². The van der Waals surface area contributed by atoms with E-state index in [1.54, 1.807) is 18.2 Å². The number of aliphatic hydroxyl groups is 2. The molecule has 0 amide bonds. The summed E-state index contributed by atoms with van der Waals surface area (Å²) in [7, 11) is 0. The van der Waals surface area contributed by atoms with Crippen molar-refractivity contribution in [2.24, 2.45) is 34.5 Å². The molecule has 0 unspecified atom stereocenters. The Morgan fingerprint density at radius 2 is 1.24 bits per heavy atom. The number of hydrogen-bond acceptors (Lipinski definition) is 16. The van der Waals surface area contributed by atoms with E-state index < -0.39 is 63.2 Å². The van der Waals surface area contributed by atoms with Crippen molar-refractivity contribution in [3.8, 4) is 0 Å². The van der Waals surface area contributed by atoms with Crippen LogP contribution in [0.25, 0.3) is 5.76 Å².